The third-order valence-corrected chi connectivity index (χ3v) is 3.15. The minimum absolute atomic E-state index is 0.582. The fraction of sp³-hybridized carbons (Fsp3) is 0.462. The Morgan fingerprint density at radius 2 is 2.25 bits per heavy atom. The number of rotatable bonds is 1. The standard InChI is InChI=1S/C13H16N2O/c1-10-7-12(4-3-11(10)8-14)15-6-5-13(2,16)9-15/h3-4,7,16H,5-6,9H2,1-2H3. The molecule has 0 aromatic heterocycles. The van der Waals surface area contributed by atoms with Crippen LogP contribution in [-0.4, -0.2) is 23.8 Å². The zero-order valence-corrected chi connectivity index (χ0v) is 9.70. The number of nitriles is 1. The van der Waals surface area contributed by atoms with Gasteiger partial charge in [-0.2, -0.15) is 5.26 Å². The second-order valence-corrected chi connectivity index (χ2v) is 4.78. The molecule has 84 valence electrons. The highest BCUT2D eigenvalue weighted by molar-refractivity contribution is 5.54. The molecule has 0 aliphatic carbocycles. The van der Waals surface area contributed by atoms with Gasteiger partial charge in [-0.05, 0) is 44.0 Å². The first-order valence-electron chi connectivity index (χ1n) is 5.50. The zero-order valence-electron chi connectivity index (χ0n) is 9.70. The highest BCUT2D eigenvalue weighted by Gasteiger charge is 2.31. The van der Waals surface area contributed by atoms with E-state index in [9.17, 15) is 5.11 Å². The number of aliphatic hydroxyl groups is 1. The van der Waals surface area contributed by atoms with Crippen molar-refractivity contribution in [2.24, 2.45) is 0 Å². The third-order valence-electron chi connectivity index (χ3n) is 3.15. The molecule has 1 unspecified atom stereocenters. The minimum atomic E-state index is -0.582. The predicted octanol–water partition coefficient (Wildman–Crippen LogP) is 1.83. The Labute approximate surface area is 95.9 Å². The van der Waals surface area contributed by atoms with Crippen LogP contribution in [0.1, 0.15) is 24.5 Å². The molecular weight excluding hydrogens is 200 g/mol. The number of β-amino-alcohol motifs (C(OH)–C–C–N with tert-alkyl or cyclic N) is 1. The van der Waals surface area contributed by atoms with E-state index in [2.05, 4.69) is 11.0 Å². The van der Waals surface area contributed by atoms with Crippen molar-refractivity contribution in [2.45, 2.75) is 25.9 Å². The summed E-state index contributed by atoms with van der Waals surface area (Å²) in [5.41, 5.74) is 2.22. The van der Waals surface area contributed by atoms with Gasteiger partial charge in [0.15, 0.2) is 0 Å². The van der Waals surface area contributed by atoms with Crippen LogP contribution in [0.4, 0.5) is 5.69 Å². The van der Waals surface area contributed by atoms with Crippen molar-refractivity contribution in [3.05, 3.63) is 29.3 Å². The summed E-state index contributed by atoms with van der Waals surface area (Å²) in [7, 11) is 0. The van der Waals surface area contributed by atoms with Crippen molar-refractivity contribution < 1.29 is 5.11 Å². The van der Waals surface area contributed by atoms with Crippen LogP contribution < -0.4 is 4.90 Å². The number of benzene rings is 1. The molecule has 1 aliphatic rings. The van der Waals surface area contributed by atoms with Gasteiger partial charge < -0.3 is 10.0 Å². The van der Waals surface area contributed by atoms with Crippen LogP contribution in [-0.2, 0) is 0 Å². The molecule has 1 aromatic rings. The van der Waals surface area contributed by atoms with Gasteiger partial charge in [-0.3, -0.25) is 0 Å². The molecule has 1 fully saturated rings. The fourth-order valence-corrected chi connectivity index (χ4v) is 2.14. The molecule has 1 aromatic carbocycles. The second-order valence-electron chi connectivity index (χ2n) is 4.78. The molecule has 1 saturated heterocycles. The Morgan fingerprint density at radius 1 is 1.50 bits per heavy atom. The first-order chi connectivity index (χ1) is 7.52. The number of hydrogen-bond acceptors (Lipinski definition) is 3. The molecule has 0 amide bonds. The summed E-state index contributed by atoms with van der Waals surface area (Å²) in [5, 5.41) is 18.8. The molecule has 16 heavy (non-hydrogen) atoms. The van der Waals surface area contributed by atoms with Gasteiger partial charge in [0.1, 0.15) is 0 Å². The molecule has 1 aliphatic heterocycles. The lowest BCUT2D eigenvalue weighted by Gasteiger charge is -2.21. The van der Waals surface area contributed by atoms with Crippen LogP contribution in [0.25, 0.3) is 0 Å². The Bertz CT molecular complexity index is 446. The Balaban J connectivity index is 2.24. The quantitative estimate of drug-likeness (QED) is 0.779. The SMILES string of the molecule is Cc1cc(N2CCC(C)(O)C2)ccc1C#N. The topological polar surface area (TPSA) is 47.3 Å². The maximum Gasteiger partial charge on any atom is 0.0994 e. The first-order valence-corrected chi connectivity index (χ1v) is 5.50. The molecule has 1 atom stereocenters. The number of anilines is 1. The van der Waals surface area contributed by atoms with E-state index in [0.717, 1.165) is 29.8 Å². The molecule has 0 bridgehead atoms. The highest BCUT2D eigenvalue weighted by Crippen LogP contribution is 2.27. The summed E-state index contributed by atoms with van der Waals surface area (Å²) < 4.78 is 0. The van der Waals surface area contributed by atoms with E-state index in [0.29, 0.717) is 6.54 Å². The van der Waals surface area contributed by atoms with E-state index in [4.69, 9.17) is 5.26 Å². The lowest BCUT2D eigenvalue weighted by Crippen LogP contribution is -2.29. The smallest absolute Gasteiger partial charge is 0.0994 e. The molecule has 0 radical (unpaired) electrons. The van der Waals surface area contributed by atoms with Gasteiger partial charge in [0, 0.05) is 18.8 Å². The van der Waals surface area contributed by atoms with Crippen molar-refractivity contribution in [1.82, 2.24) is 0 Å². The van der Waals surface area contributed by atoms with E-state index < -0.39 is 5.60 Å². The largest absolute Gasteiger partial charge is 0.388 e. The molecule has 1 N–H and O–H groups in total. The summed E-state index contributed by atoms with van der Waals surface area (Å²) in [4.78, 5) is 2.16. The fourth-order valence-electron chi connectivity index (χ4n) is 2.14. The van der Waals surface area contributed by atoms with Gasteiger partial charge in [-0.15, -0.1) is 0 Å². The Morgan fingerprint density at radius 3 is 2.75 bits per heavy atom. The molecule has 1 heterocycles. The lowest BCUT2D eigenvalue weighted by atomic mass is 10.1. The van der Waals surface area contributed by atoms with Gasteiger partial charge >= 0.3 is 0 Å². The summed E-state index contributed by atoms with van der Waals surface area (Å²) in [6, 6.07) is 7.97. The Hall–Kier alpha value is -1.53. The van der Waals surface area contributed by atoms with Crippen molar-refractivity contribution in [3.8, 4) is 6.07 Å². The maximum absolute atomic E-state index is 9.90. The summed E-state index contributed by atoms with van der Waals surface area (Å²) in [6.45, 7) is 5.34. The monoisotopic (exact) mass is 216 g/mol. The van der Waals surface area contributed by atoms with E-state index in [-0.39, 0.29) is 0 Å². The Kier molecular flexibility index (Phi) is 2.61. The van der Waals surface area contributed by atoms with Crippen LogP contribution in [0.15, 0.2) is 18.2 Å². The third kappa shape index (κ3) is 2.02. The second kappa shape index (κ2) is 3.80. The molecule has 0 spiro atoms. The van der Waals surface area contributed by atoms with E-state index in [1.165, 1.54) is 0 Å². The van der Waals surface area contributed by atoms with E-state index in [1.54, 1.807) is 0 Å². The number of aryl methyl sites for hydroxylation is 1. The predicted molar refractivity (Wildman–Crippen MR) is 63.3 cm³/mol. The van der Waals surface area contributed by atoms with Crippen LogP contribution in [0, 0.1) is 18.3 Å². The zero-order chi connectivity index (χ0) is 11.8. The van der Waals surface area contributed by atoms with E-state index in [1.807, 2.05) is 32.0 Å². The van der Waals surface area contributed by atoms with Crippen LogP contribution in [0.5, 0.6) is 0 Å². The minimum Gasteiger partial charge on any atom is -0.388 e. The van der Waals surface area contributed by atoms with Crippen molar-refractivity contribution in [1.29, 1.82) is 5.26 Å². The average Bonchev–Trinajstić information content (AvgIpc) is 2.59. The molecule has 3 nitrogen and oxygen atoms in total. The molecule has 0 saturated carbocycles. The van der Waals surface area contributed by atoms with Gasteiger partial charge in [0.05, 0.1) is 17.2 Å². The normalized spacial score (nSPS) is 24.5. The van der Waals surface area contributed by atoms with Gasteiger partial charge in [0.2, 0.25) is 0 Å². The first kappa shape index (κ1) is 11.0. The van der Waals surface area contributed by atoms with Crippen molar-refractivity contribution in [3.63, 3.8) is 0 Å². The van der Waals surface area contributed by atoms with Gasteiger partial charge in [0.25, 0.3) is 0 Å². The van der Waals surface area contributed by atoms with Crippen LogP contribution >= 0.6 is 0 Å². The van der Waals surface area contributed by atoms with Crippen LogP contribution in [0.3, 0.4) is 0 Å². The summed E-state index contributed by atoms with van der Waals surface area (Å²) >= 11 is 0. The number of nitrogens with zero attached hydrogens (tertiary/aromatic N) is 2. The summed E-state index contributed by atoms with van der Waals surface area (Å²) in [6.07, 6.45) is 0.798. The highest BCUT2D eigenvalue weighted by atomic mass is 16.3. The lowest BCUT2D eigenvalue weighted by molar-refractivity contribution is 0.0839. The summed E-state index contributed by atoms with van der Waals surface area (Å²) in [5.74, 6) is 0. The molecule has 2 rings (SSSR count). The van der Waals surface area contributed by atoms with Crippen LogP contribution in [0.2, 0.25) is 0 Å². The van der Waals surface area contributed by atoms with Gasteiger partial charge in [-0.25, -0.2) is 0 Å². The molecule has 3 heteroatoms. The average molecular weight is 216 g/mol. The van der Waals surface area contributed by atoms with Gasteiger partial charge in [-0.1, -0.05) is 0 Å². The van der Waals surface area contributed by atoms with E-state index >= 15 is 0 Å². The van der Waals surface area contributed by atoms with Crippen molar-refractivity contribution in [2.75, 3.05) is 18.0 Å². The van der Waals surface area contributed by atoms with Crippen molar-refractivity contribution >= 4 is 5.69 Å². The molecular formula is C13H16N2O. The number of hydrogen-bond donors (Lipinski definition) is 1. The maximum atomic E-state index is 9.90.